The van der Waals surface area contributed by atoms with E-state index >= 15 is 0 Å². The summed E-state index contributed by atoms with van der Waals surface area (Å²) >= 11 is 0. The lowest BCUT2D eigenvalue weighted by Gasteiger charge is -2.17. The van der Waals surface area contributed by atoms with Crippen molar-refractivity contribution in [1.82, 2.24) is 0 Å². The maximum atomic E-state index is 11.7. The minimum absolute atomic E-state index is 0.481. The summed E-state index contributed by atoms with van der Waals surface area (Å²) in [5.41, 5.74) is -2.94. The molecule has 1 aromatic carbocycles. The topological polar surface area (TPSA) is 147 Å². The second kappa shape index (κ2) is 5.88. The van der Waals surface area contributed by atoms with Crippen LogP contribution in [0.2, 0.25) is 0 Å². The van der Waals surface area contributed by atoms with Gasteiger partial charge >= 0.3 is 11.9 Å². The fraction of sp³-hybridized carbons (Fsp3) is 0.385. The average molecular weight is 313 g/mol. The number of aromatic hydroxyl groups is 2. The summed E-state index contributed by atoms with van der Waals surface area (Å²) in [6.07, 6.45) is 0. The van der Waals surface area contributed by atoms with E-state index < -0.39 is 57.2 Å². The Balaban J connectivity index is 3.30. The number of hydrogen-bond acceptors (Lipinski definition) is 7. The largest absolute Gasteiger partial charge is 0.504 e. The Hall–Kier alpha value is -2.84. The molecular formula is C13H15NO8. The Labute approximate surface area is 124 Å². The van der Waals surface area contributed by atoms with Crippen LogP contribution in [0.15, 0.2) is 6.07 Å². The van der Waals surface area contributed by atoms with Crippen molar-refractivity contribution in [2.24, 2.45) is 5.41 Å². The number of phenols is 2. The van der Waals surface area contributed by atoms with Crippen molar-refractivity contribution >= 4 is 17.6 Å². The van der Waals surface area contributed by atoms with Crippen LogP contribution in [0.4, 0.5) is 5.69 Å². The Morgan fingerprint density at radius 3 is 2.23 bits per heavy atom. The number of carbonyl (C=O) groups excluding carboxylic acids is 1. The van der Waals surface area contributed by atoms with Crippen molar-refractivity contribution in [3.63, 3.8) is 0 Å². The van der Waals surface area contributed by atoms with Crippen LogP contribution in [0.3, 0.4) is 0 Å². The minimum atomic E-state index is -1.64. The summed E-state index contributed by atoms with van der Waals surface area (Å²) < 4.78 is 4.86. The molecule has 0 spiro atoms. The molecule has 0 aromatic heterocycles. The van der Waals surface area contributed by atoms with Crippen LogP contribution in [-0.2, 0) is 16.1 Å². The van der Waals surface area contributed by atoms with Gasteiger partial charge in [0.1, 0.15) is 17.7 Å². The fourth-order valence-corrected chi connectivity index (χ4v) is 1.51. The maximum Gasteiger partial charge on any atom is 0.339 e. The van der Waals surface area contributed by atoms with Crippen molar-refractivity contribution in [1.29, 1.82) is 0 Å². The number of esters is 1. The molecule has 0 radical (unpaired) electrons. The number of ether oxygens (including phenoxy) is 1. The molecular weight excluding hydrogens is 298 g/mol. The number of nitro groups is 1. The third-order valence-electron chi connectivity index (χ3n) is 2.74. The van der Waals surface area contributed by atoms with Crippen molar-refractivity contribution in [2.45, 2.75) is 27.4 Å². The van der Waals surface area contributed by atoms with Gasteiger partial charge in [-0.15, -0.1) is 0 Å². The van der Waals surface area contributed by atoms with Crippen molar-refractivity contribution in [3.8, 4) is 11.5 Å². The number of aromatic carboxylic acids is 1. The van der Waals surface area contributed by atoms with Crippen LogP contribution in [0, 0.1) is 15.5 Å². The lowest BCUT2D eigenvalue weighted by Crippen LogP contribution is -2.23. The fourth-order valence-electron chi connectivity index (χ4n) is 1.51. The summed E-state index contributed by atoms with van der Waals surface area (Å²) in [7, 11) is 0. The Kier molecular flexibility index (Phi) is 4.60. The smallest absolute Gasteiger partial charge is 0.339 e. The van der Waals surface area contributed by atoms with Gasteiger partial charge in [-0.05, 0) is 20.8 Å². The molecule has 1 aromatic rings. The summed E-state index contributed by atoms with van der Waals surface area (Å²) in [6.45, 7) is 4.02. The Morgan fingerprint density at radius 1 is 1.27 bits per heavy atom. The van der Waals surface area contributed by atoms with E-state index in [-0.39, 0.29) is 0 Å². The second-order valence-electron chi connectivity index (χ2n) is 5.51. The van der Waals surface area contributed by atoms with E-state index in [2.05, 4.69) is 0 Å². The Morgan fingerprint density at radius 2 is 1.82 bits per heavy atom. The van der Waals surface area contributed by atoms with Gasteiger partial charge in [-0.3, -0.25) is 14.9 Å². The predicted molar refractivity (Wildman–Crippen MR) is 72.6 cm³/mol. The van der Waals surface area contributed by atoms with E-state index in [1.807, 2.05) is 0 Å². The highest BCUT2D eigenvalue weighted by molar-refractivity contribution is 5.93. The monoisotopic (exact) mass is 313 g/mol. The zero-order chi connectivity index (χ0) is 17.2. The molecule has 0 heterocycles. The SMILES string of the molecule is CC(C)(C)C(=O)OCc1c([N+](=O)[O-])cc(C(=O)O)c(O)c1O. The molecule has 9 heteroatoms. The molecule has 0 amide bonds. The van der Waals surface area contributed by atoms with Gasteiger partial charge in [0, 0.05) is 6.07 Å². The number of carbonyl (C=O) groups is 2. The number of nitrogens with zero attached hydrogens (tertiary/aromatic N) is 1. The highest BCUT2D eigenvalue weighted by Gasteiger charge is 2.29. The van der Waals surface area contributed by atoms with E-state index in [9.17, 15) is 29.9 Å². The maximum absolute atomic E-state index is 11.7. The lowest BCUT2D eigenvalue weighted by atomic mass is 9.97. The highest BCUT2D eigenvalue weighted by atomic mass is 16.6. The Bertz CT molecular complexity index is 644. The quantitative estimate of drug-likeness (QED) is 0.330. The van der Waals surface area contributed by atoms with Crippen LogP contribution in [0.25, 0.3) is 0 Å². The van der Waals surface area contributed by atoms with E-state index in [0.29, 0.717) is 6.07 Å². The van der Waals surface area contributed by atoms with Gasteiger partial charge in [0.05, 0.1) is 10.3 Å². The number of phenolic OH excluding ortho intramolecular Hbond substituents is 1. The van der Waals surface area contributed by atoms with Crippen LogP contribution in [-0.4, -0.2) is 32.2 Å². The van der Waals surface area contributed by atoms with Crippen LogP contribution in [0.5, 0.6) is 11.5 Å². The molecule has 1 rings (SSSR count). The van der Waals surface area contributed by atoms with Crippen molar-refractivity contribution < 1.29 is 34.6 Å². The number of nitro benzene ring substituents is 1. The molecule has 0 atom stereocenters. The molecule has 22 heavy (non-hydrogen) atoms. The van der Waals surface area contributed by atoms with E-state index in [1.165, 1.54) is 0 Å². The van der Waals surface area contributed by atoms with E-state index in [4.69, 9.17) is 9.84 Å². The summed E-state index contributed by atoms with van der Waals surface area (Å²) in [6, 6.07) is 0.595. The average Bonchev–Trinajstić information content (AvgIpc) is 2.37. The normalized spacial score (nSPS) is 11.0. The number of hydrogen-bond donors (Lipinski definition) is 3. The van der Waals surface area contributed by atoms with Crippen LogP contribution in [0.1, 0.15) is 36.7 Å². The molecule has 0 saturated carbocycles. The van der Waals surface area contributed by atoms with E-state index in [0.717, 1.165) is 0 Å². The first-order chi connectivity index (χ1) is 9.96. The number of rotatable bonds is 4. The second-order valence-corrected chi connectivity index (χ2v) is 5.51. The van der Waals surface area contributed by atoms with Gasteiger partial charge in [0.15, 0.2) is 11.5 Å². The number of carboxylic acid groups (broad SMARTS) is 1. The number of carboxylic acids is 1. The van der Waals surface area contributed by atoms with Gasteiger partial charge in [0.2, 0.25) is 0 Å². The van der Waals surface area contributed by atoms with Crippen LogP contribution < -0.4 is 0 Å². The highest BCUT2D eigenvalue weighted by Crippen LogP contribution is 2.39. The van der Waals surface area contributed by atoms with Gasteiger partial charge in [-0.2, -0.15) is 0 Å². The zero-order valence-corrected chi connectivity index (χ0v) is 12.1. The summed E-state index contributed by atoms with van der Waals surface area (Å²) in [5.74, 6) is -4.36. The van der Waals surface area contributed by atoms with Crippen molar-refractivity contribution in [3.05, 3.63) is 27.3 Å². The predicted octanol–water partition coefficient (Wildman–Crippen LogP) is 1.79. The minimum Gasteiger partial charge on any atom is -0.504 e. The molecule has 0 aliphatic heterocycles. The third-order valence-corrected chi connectivity index (χ3v) is 2.74. The molecule has 0 aliphatic rings. The zero-order valence-electron chi connectivity index (χ0n) is 12.1. The summed E-state index contributed by atoms with van der Waals surface area (Å²) in [4.78, 5) is 32.6. The first kappa shape index (κ1) is 17.2. The van der Waals surface area contributed by atoms with Gasteiger partial charge in [-0.25, -0.2) is 4.79 Å². The number of benzene rings is 1. The molecule has 0 bridgehead atoms. The summed E-state index contributed by atoms with van der Waals surface area (Å²) in [5, 5.41) is 39.2. The standard InChI is InChI=1S/C13H15NO8/c1-13(2,3)12(19)22-5-7-8(14(20)21)4-6(11(17)18)9(15)10(7)16/h4,15-16H,5H2,1-3H3,(H,17,18). The van der Waals surface area contributed by atoms with Crippen molar-refractivity contribution in [2.75, 3.05) is 0 Å². The molecule has 0 fully saturated rings. The molecule has 0 saturated heterocycles. The molecule has 0 unspecified atom stereocenters. The lowest BCUT2D eigenvalue weighted by molar-refractivity contribution is -0.386. The molecule has 120 valence electrons. The van der Waals surface area contributed by atoms with Gasteiger partial charge < -0.3 is 20.1 Å². The van der Waals surface area contributed by atoms with Crippen LogP contribution >= 0.6 is 0 Å². The first-order valence-corrected chi connectivity index (χ1v) is 6.09. The molecule has 0 aliphatic carbocycles. The third kappa shape index (κ3) is 3.43. The van der Waals surface area contributed by atoms with E-state index in [1.54, 1.807) is 20.8 Å². The first-order valence-electron chi connectivity index (χ1n) is 6.09. The molecule has 9 nitrogen and oxygen atoms in total. The van der Waals surface area contributed by atoms with Gasteiger partial charge in [-0.1, -0.05) is 0 Å². The molecule has 3 N–H and O–H groups in total. The van der Waals surface area contributed by atoms with Gasteiger partial charge in [0.25, 0.3) is 5.69 Å².